The summed E-state index contributed by atoms with van der Waals surface area (Å²) in [5.41, 5.74) is 0.997. The SMILES string of the molecule is Cc1ccc(S(=O)(=O)NC2CCSC2=O)cc1. The smallest absolute Gasteiger partial charge is 0.241 e. The van der Waals surface area contributed by atoms with Crippen LogP contribution in [-0.4, -0.2) is 25.3 Å². The van der Waals surface area contributed by atoms with Crippen molar-refractivity contribution < 1.29 is 13.2 Å². The van der Waals surface area contributed by atoms with Crippen LogP contribution in [0.1, 0.15) is 12.0 Å². The fourth-order valence-electron chi connectivity index (χ4n) is 1.58. The third-order valence-electron chi connectivity index (χ3n) is 2.56. The zero-order chi connectivity index (χ0) is 12.5. The number of carbonyl (C=O) groups is 1. The molecule has 1 N–H and O–H groups in total. The van der Waals surface area contributed by atoms with Gasteiger partial charge in [0.1, 0.15) is 0 Å². The molecule has 0 amide bonds. The largest absolute Gasteiger partial charge is 0.285 e. The van der Waals surface area contributed by atoms with E-state index in [1.807, 2.05) is 6.92 Å². The first-order chi connectivity index (χ1) is 7.99. The Morgan fingerprint density at radius 1 is 1.29 bits per heavy atom. The molecule has 1 aliphatic heterocycles. The molecule has 1 aromatic rings. The predicted octanol–water partition coefficient (Wildman–Crippen LogP) is 1.31. The molecule has 1 aromatic carbocycles. The van der Waals surface area contributed by atoms with Crippen molar-refractivity contribution in [3.63, 3.8) is 0 Å². The van der Waals surface area contributed by atoms with Crippen LogP contribution in [0.4, 0.5) is 0 Å². The zero-order valence-electron chi connectivity index (χ0n) is 9.34. The summed E-state index contributed by atoms with van der Waals surface area (Å²) in [7, 11) is -3.58. The summed E-state index contributed by atoms with van der Waals surface area (Å²) >= 11 is 1.18. The first kappa shape index (κ1) is 12.6. The Hall–Kier alpha value is -0.850. The van der Waals surface area contributed by atoms with Crippen LogP contribution in [0, 0.1) is 6.92 Å². The Kier molecular flexibility index (Phi) is 3.56. The third kappa shape index (κ3) is 2.88. The third-order valence-corrected chi connectivity index (χ3v) is 5.06. The minimum Gasteiger partial charge on any atom is -0.285 e. The van der Waals surface area contributed by atoms with Gasteiger partial charge < -0.3 is 0 Å². The van der Waals surface area contributed by atoms with E-state index in [2.05, 4.69) is 4.72 Å². The van der Waals surface area contributed by atoms with Gasteiger partial charge in [-0.25, -0.2) is 8.42 Å². The topological polar surface area (TPSA) is 63.2 Å². The van der Waals surface area contributed by atoms with Gasteiger partial charge in [0.25, 0.3) is 0 Å². The number of carbonyl (C=O) groups excluding carboxylic acids is 1. The molecule has 0 radical (unpaired) electrons. The Bertz CT molecular complexity index is 522. The average Bonchev–Trinajstić information content (AvgIpc) is 2.64. The van der Waals surface area contributed by atoms with Crippen molar-refractivity contribution >= 4 is 26.9 Å². The maximum atomic E-state index is 12.0. The summed E-state index contributed by atoms with van der Waals surface area (Å²) in [6.45, 7) is 1.89. The van der Waals surface area contributed by atoms with Crippen LogP contribution in [0.25, 0.3) is 0 Å². The van der Waals surface area contributed by atoms with E-state index in [4.69, 9.17) is 0 Å². The van der Waals surface area contributed by atoms with Crippen molar-refractivity contribution in [1.82, 2.24) is 4.72 Å². The second kappa shape index (κ2) is 4.80. The molecule has 1 unspecified atom stereocenters. The Morgan fingerprint density at radius 2 is 1.94 bits per heavy atom. The van der Waals surface area contributed by atoms with Crippen molar-refractivity contribution in [3.8, 4) is 0 Å². The van der Waals surface area contributed by atoms with E-state index < -0.39 is 16.1 Å². The first-order valence-corrected chi connectivity index (χ1v) is 7.71. The van der Waals surface area contributed by atoms with Gasteiger partial charge in [-0.05, 0) is 25.5 Å². The zero-order valence-corrected chi connectivity index (χ0v) is 11.0. The molecule has 0 aromatic heterocycles. The van der Waals surface area contributed by atoms with Gasteiger partial charge in [-0.15, -0.1) is 0 Å². The fraction of sp³-hybridized carbons (Fsp3) is 0.364. The monoisotopic (exact) mass is 271 g/mol. The van der Waals surface area contributed by atoms with E-state index in [1.165, 1.54) is 11.8 Å². The number of sulfonamides is 1. The predicted molar refractivity (Wildman–Crippen MR) is 67.4 cm³/mol. The van der Waals surface area contributed by atoms with Gasteiger partial charge in [-0.1, -0.05) is 29.5 Å². The van der Waals surface area contributed by atoms with E-state index >= 15 is 0 Å². The van der Waals surface area contributed by atoms with Crippen LogP contribution in [0.15, 0.2) is 29.2 Å². The van der Waals surface area contributed by atoms with Crippen molar-refractivity contribution in [2.45, 2.75) is 24.3 Å². The second-order valence-corrected chi connectivity index (χ2v) is 6.76. The number of thioether (sulfide) groups is 1. The van der Waals surface area contributed by atoms with Gasteiger partial charge in [-0.3, -0.25) is 4.79 Å². The van der Waals surface area contributed by atoms with Crippen molar-refractivity contribution in [2.24, 2.45) is 0 Å². The Morgan fingerprint density at radius 3 is 2.47 bits per heavy atom. The fourth-order valence-corrected chi connectivity index (χ4v) is 3.81. The summed E-state index contributed by atoms with van der Waals surface area (Å²) in [5.74, 6) is 0.680. The number of hydrogen-bond donors (Lipinski definition) is 1. The van der Waals surface area contributed by atoms with Gasteiger partial charge >= 0.3 is 0 Å². The molecular weight excluding hydrogens is 258 g/mol. The lowest BCUT2D eigenvalue weighted by Crippen LogP contribution is -2.37. The normalized spacial score (nSPS) is 20.8. The highest BCUT2D eigenvalue weighted by Gasteiger charge is 2.29. The minimum absolute atomic E-state index is 0.0966. The molecule has 1 saturated heterocycles. The minimum atomic E-state index is -3.58. The van der Waals surface area contributed by atoms with Gasteiger partial charge in [0.2, 0.25) is 15.1 Å². The Labute approximate surface area is 105 Å². The standard InChI is InChI=1S/C11H13NO3S2/c1-8-2-4-9(5-3-8)17(14,15)12-10-6-7-16-11(10)13/h2-5,10,12H,6-7H2,1H3. The highest BCUT2D eigenvalue weighted by atomic mass is 32.2. The number of rotatable bonds is 3. The molecule has 0 saturated carbocycles. The molecule has 17 heavy (non-hydrogen) atoms. The number of benzene rings is 1. The van der Waals surface area contributed by atoms with Crippen LogP contribution in [0.2, 0.25) is 0 Å². The summed E-state index contributed by atoms with van der Waals surface area (Å²) in [6.07, 6.45) is 0.564. The lowest BCUT2D eigenvalue weighted by molar-refractivity contribution is -0.111. The molecule has 1 atom stereocenters. The van der Waals surface area contributed by atoms with E-state index in [1.54, 1.807) is 24.3 Å². The molecule has 1 fully saturated rings. The highest BCUT2D eigenvalue weighted by molar-refractivity contribution is 8.14. The maximum absolute atomic E-state index is 12.0. The quantitative estimate of drug-likeness (QED) is 0.900. The van der Waals surface area contributed by atoms with Crippen LogP contribution in [0.3, 0.4) is 0 Å². The Balaban J connectivity index is 2.19. The molecule has 4 nitrogen and oxygen atoms in total. The molecule has 2 rings (SSSR count). The second-order valence-electron chi connectivity index (χ2n) is 3.94. The molecule has 0 bridgehead atoms. The number of aryl methyl sites for hydroxylation is 1. The maximum Gasteiger partial charge on any atom is 0.241 e. The summed E-state index contributed by atoms with van der Waals surface area (Å²) in [5, 5.41) is -0.0966. The van der Waals surface area contributed by atoms with Gasteiger partial charge in [0, 0.05) is 5.75 Å². The van der Waals surface area contributed by atoms with Crippen LogP contribution in [-0.2, 0) is 14.8 Å². The van der Waals surface area contributed by atoms with Crippen molar-refractivity contribution in [2.75, 3.05) is 5.75 Å². The van der Waals surface area contributed by atoms with Crippen LogP contribution in [0.5, 0.6) is 0 Å². The molecular formula is C11H13NO3S2. The summed E-state index contributed by atoms with van der Waals surface area (Å²) in [6, 6.07) is 5.99. The van der Waals surface area contributed by atoms with Crippen molar-refractivity contribution in [3.05, 3.63) is 29.8 Å². The number of hydrogen-bond acceptors (Lipinski definition) is 4. The van der Waals surface area contributed by atoms with E-state index in [0.717, 1.165) is 5.56 Å². The first-order valence-electron chi connectivity index (χ1n) is 5.25. The van der Waals surface area contributed by atoms with Crippen LogP contribution < -0.4 is 4.72 Å². The molecule has 1 heterocycles. The van der Waals surface area contributed by atoms with Gasteiger partial charge in [0.05, 0.1) is 10.9 Å². The summed E-state index contributed by atoms with van der Waals surface area (Å²) in [4.78, 5) is 11.6. The number of nitrogens with one attached hydrogen (secondary N) is 1. The molecule has 1 aliphatic rings. The lowest BCUT2D eigenvalue weighted by Gasteiger charge is -2.10. The van der Waals surface area contributed by atoms with E-state index in [9.17, 15) is 13.2 Å². The van der Waals surface area contributed by atoms with Crippen molar-refractivity contribution in [1.29, 1.82) is 0 Å². The van der Waals surface area contributed by atoms with E-state index in [-0.39, 0.29) is 10.0 Å². The summed E-state index contributed by atoms with van der Waals surface area (Å²) < 4.78 is 26.4. The average molecular weight is 271 g/mol. The molecule has 92 valence electrons. The molecule has 0 spiro atoms. The molecule has 0 aliphatic carbocycles. The molecule has 6 heteroatoms. The van der Waals surface area contributed by atoms with Gasteiger partial charge in [0.15, 0.2) is 0 Å². The lowest BCUT2D eigenvalue weighted by atomic mass is 10.2. The highest BCUT2D eigenvalue weighted by Crippen LogP contribution is 2.21. The van der Waals surface area contributed by atoms with E-state index in [0.29, 0.717) is 12.2 Å². The van der Waals surface area contributed by atoms with Gasteiger partial charge in [-0.2, -0.15) is 4.72 Å². The van der Waals surface area contributed by atoms with Crippen LogP contribution >= 0.6 is 11.8 Å².